The van der Waals surface area contributed by atoms with Crippen LogP contribution in [0, 0.1) is 0 Å². The van der Waals surface area contributed by atoms with Crippen molar-refractivity contribution in [3.63, 3.8) is 0 Å². The van der Waals surface area contributed by atoms with E-state index in [2.05, 4.69) is 15.4 Å². The summed E-state index contributed by atoms with van der Waals surface area (Å²) in [6.45, 7) is 3.43. The van der Waals surface area contributed by atoms with Gasteiger partial charge in [-0.3, -0.25) is 9.78 Å². The van der Waals surface area contributed by atoms with E-state index < -0.39 is 0 Å². The van der Waals surface area contributed by atoms with E-state index in [-0.39, 0.29) is 5.91 Å². The Morgan fingerprint density at radius 3 is 2.42 bits per heavy atom. The Morgan fingerprint density at radius 1 is 1.00 bits per heavy atom. The molecule has 2 aliphatic heterocycles. The third kappa shape index (κ3) is 3.37. The highest BCUT2D eigenvalue weighted by Gasteiger charge is 2.32. The molecular formula is C19H19N3OS. The molecule has 122 valence electrons. The van der Waals surface area contributed by atoms with Crippen molar-refractivity contribution < 1.29 is 4.79 Å². The zero-order valence-electron chi connectivity index (χ0n) is 13.4. The van der Waals surface area contributed by atoms with Gasteiger partial charge in [0.1, 0.15) is 0 Å². The van der Waals surface area contributed by atoms with E-state index in [9.17, 15) is 4.79 Å². The molecule has 0 radical (unpaired) electrons. The molecule has 24 heavy (non-hydrogen) atoms. The predicted octanol–water partition coefficient (Wildman–Crippen LogP) is 2.79. The highest BCUT2D eigenvalue weighted by molar-refractivity contribution is 7.97. The number of carbonyl (C=O) groups excluding carboxylic acids is 1. The van der Waals surface area contributed by atoms with E-state index in [0.29, 0.717) is 6.42 Å². The van der Waals surface area contributed by atoms with Crippen molar-refractivity contribution in [2.45, 2.75) is 11.3 Å². The van der Waals surface area contributed by atoms with Gasteiger partial charge >= 0.3 is 0 Å². The fourth-order valence-electron chi connectivity index (χ4n) is 3.22. The Morgan fingerprint density at radius 2 is 1.75 bits per heavy atom. The lowest BCUT2D eigenvalue weighted by atomic mass is 10.1. The summed E-state index contributed by atoms with van der Waals surface area (Å²) >= 11 is 1.75. The van der Waals surface area contributed by atoms with Crippen molar-refractivity contribution in [3.05, 3.63) is 71.6 Å². The summed E-state index contributed by atoms with van der Waals surface area (Å²) in [6, 6.07) is 14.0. The molecule has 1 aromatic heterocycles. The molecule has 0 fully saturated rings. The third-order valence-electron chi connectivity index (χ3n) is 4.42. The Kier molecular flexibility index (Phi) is 4.36. The summed E-state index contributed by atoms with van der Waals surface area (Å²) in [4.78, 5) is 19.8. The quantitative estimate of drug-likeness (QED) is 0.635. The van der Waals surface area contributed by atoms with Gasteiger partial charge in [-0.05, 0) is 40.8 Å². The van der Waals surface area contributed by atoms with Crippen molar-refractivity contribution in [2.24, 2.45) is 0 Å². The molecular weight excluding hydrogens is 318 g/mol. The molecule has 0 saturated carbocycles. The normalized spacial score (nSPS) is 17.4. The second-order valence-corrected chi connectivity index (χ2v) is 7.37. The van der Waals surface area contributed by atoms with Crippen molar-refractivity contribution in [1.29, 1.82) is 0 Å². The monoisotopic (exact) mass is 337 g/mol. The smallest absolute Gasteiger partial charge is 0.227 e. The molecule has 0 N–H and O–H groups in total. The molecule has 0 aliphatic carbocycles. The van der Waals surface area contributed by atoms with Crippen LogP contribution in [0.3, 0.4) is 0 Å². The molecule has 0 saturated heterocycles. The number of amides is 1. The third-order valence-corrected chi connectivity index (χ3v) is 5.39. The number of rotatable bonds is 4. The lowest BCUT2D eigenvalue weighted by Crippen LogP contribution is -2.33. The number of pyridine rings is 1. The van der Waals surface area contributed by atoms with Crippen LogP contribution in [-0.4, -0.2) is 46.3 Å². The number of nitrogens with zero attached hydrogens (tertiary/aromatic N) is 3. The van der Waals surface area contributed by atoms with E-state index in [0.717, 1.165) is 36.6 Å². The van der Waals surface area contributed by atoms with Gasteiger partial charge in [-0.2, -0.15) is 0 Å². The number of hydrogen-bond donors (Lipinski definition) is 0. The standard InChI is InChI=1S/C19H19N3OS/c23-19(9-15-5-2-1-3-6-15)21-11-16-13-22(14-17(16)12-21)24-18-7-4-8-20-10-18/h1-8,10H,9,11-14H2. The van der Waals surface area contributed by atoms with Gasteiger partial charge in [0.2, 0.25) is 5.91 Å². The zero-order chi connectivity index (χ0) is 16.4. The fraction of sp³-hybridized carbons (Fsp3) is 0.263. The molecule has 2 aromatic rings. The van der Waals surface area contributed by atoms with Crippen LogP contribution >= 0.6 is 11.9 Å². The molecule has 0 bridgehead atoms. The lowest BCUT2D eigenvalue weighted by Gasteiger charge is -2.22. The topological polar surface area (TPSA) is 36.4 Å². The van der Waals surface area contributed by atoms with Gasteiger partial charge in [0.05, 0.1) is 6.42 Å². The molecule has 5 heteroatoms. The minimum absolute atomic E-state index is 0.224. The van der Waals surface area contributed by atoms with Gasteiger partial charge in [-0.25, -0.2) is 4.31 Å². The molecule has 0 spiro atoms. The van der Waals surface area contributed by atoms with Gasteiger partial charge in [0, 0.05) is 43.5 Å². The van der Waals surface area contributed by atoms with Crippen molar-refractivity contribution in [1.82, 2.24) is 14.2 Å². The van der Waals surface area contributed by atoms with Gasteiger partial charge in [0.25, 0.3) is 0 Å². The van der Waals surface area contributed by atoms with Crippen LogP contribution < -0.4 is 0 Å². The molecule has 3 heterocycles. The summed E-state index contributed by atoms with van der Waals surface area (Å²) in [5.41, 5.74) is 3.91. The number of aromatic nitrogens is 1. The van der Waals surface area contributed by atoms with Crippen molar-refractivity contribution in [3.8, 4) is 0 Å². The van der Waals surface area contributed by atoms with Crippen molar-refractivity contribution in [2.75, 3.05) is 26.2 Å². The Bertz CT molecular complexity index is 743. The highest BCUT2D eigenvalue weighted by Crippen LogP contribution is 2.32. The molecule has 2 aliphatic rings. The van der Waals surface area contributed by atoms with Gasteiger partial charge in [0.15, 0.2) is 0 Å². The van der Waals surface area contributed by atoms with Crippen LogP contribution in [0.15, 0.2) is 70.9 Å². The van der Waals surface area contributed by atoms with Crippen LogP contribution in [0.25, 0.3) is 0 Å². The second-order valence-electron chi connectivity index (χ2n) is 6.20. The first-order valence-electron chi connectivity index (χ1n) is 8.12. The Labute approximate surface area is 146 Å². The molecule has 1 aromatic carbocycles. The average Bonchev–Trinajstić information content (AvgIpc) is 3.15. The van der Waals surface area contributed by atoms with Crippen LogP contribution in [0.1, 0.15) is 5.56 Å². The molecule has 1 amide bonds. The average molecular weight is 337 g/mol. The molecule has 0 atom stereocenters. The van der Waals surface area contributed by atoms with Gasteiger partial charge in [-0.1, -0.05) is 30.3 Å². The van der Waals surface area contributed by atoms with E-state index in [1.807, 2.05) is 47.5 Å². The molecule has 4 rings (SSSR count). The van der Waals surface area contributed by atoms with Crippen LogP contribution in [0.4, 0.5) is 0 Å². The van der Waals surface area contributed by atoms with Crippen molar-refractivity contribution >= 4 is 17.9 Å². The van der Waals surface area contributed by atoms with E-state index in [1.165, 1.54) is 11.1 Å². The largest absolute Gasteiger partial charge is 0.334 e. The summed E-state index contributed by atoms with van der Waals surface area (Å²) in [7, 11) is 0. The van der Waals surface area contributed by atoms with Crippen LogP contribution in [-0.2, 0) is 11.2 Å². The van der Waals surface area contributed by atoms with E-state index in [4.69, 9.17) is 0 Å². The molecule has 0 unspecified atom stereocenters. The predicted molar refractivity (Wildman–Crippen MR) is 95.4 cm³/mol. The summed E-state index contributed by atoms with van der Waals surface area (Å²) in [6.07, 6.45) is 4.18. The number of benzene rings is 1. The number of hydrogen-bond acceptors (Lipinski definition) is 4. The summed E-state index contributed by atoms with van der Waals surface area (Å²) in [5, 5.41) is 0. The SMILES string of the molecule is O=C(Cc1ccccc1)N1CC2=C(CN(Sc3cccnc3)C2)C1. The summed E-state index contributed by atoms with van der Waals surface area (Å²) < 4.78 is 2.35. The minimum atomic E-state index is 0.224. The first kappa shape index (κ1) is 15.4. The zero-order valence-corrected chi connectivity index (χ0v) is 14.2. The van der Waals surface area contributed by atoms with Gasteiger partial charge < -0.3 is 4.90 Å². The first-order valence-corrected chi connectivity index (χ1v) is 8.90. The Balaban J connectivity index is 1.31. The summed E-state index contributed by atoms with van der Waals surface area (Å²) in [5.74, 6) is 0.224. The minimum Gasteiger partial charge on any atom is -0.334 e. The van der Waals surface area contributed by atoms with Crippen LogP contribution in [0.2, 0.25) is 0 Å². The lowest BCUT2D eigenvalue weighted by molar-refractivity contribution is -0.129. The molecule has 4 nitrogen and oxygen atoms in total. The van der Waals surface area contributed by atoms with E-state index >= 15 is 0 Å². The maximum absolute atomic E-state index is 12.5. The fourth-order valence-corrected chi connectivity index (χ4v) is 4.21. The first-order chi connectivity index (χ1) is 11.8. The van der Waals surface area contributed by atoms with Gasteiger partial charge in [-0.15, -0.1) is 0 Å². The second kappa shape index (κ2) is 6.79. The number of carbonyl (C=O) groups is 1. The maximum Gasteiger partial charge on any atom is 0.227 e. The Hall–Kier alpha value is -2.11. The van der Waals surface area contributed by atoms with E-state index in [1.54, 1.807) is 18.1 Å². The van der Waals surface area contributed by atoms with Crippen LogP contribution in [0.5, 0.6) is 0 Å². The highest BCUT2D eigenvalue weighted by atomic mass is 32.2. The maximum atomic E-state index is 12.5.